The normalized spacial score (nSPS) is 24.7. The third kappa shape index (κ3) is 3.77. The number of anilines is 1. The predicted octanol–water partition coefficient (Wildman–Crippen LogP) is 3.25. The SMILES string of the molecule is O=C1N(c2ccccc2)CCCCC12CN(Cc1ccc3c(c1)OCCO3)CCO2. The third-order valence-electron chi connectivity index (χ3n) is 6.19. The van der Waals surface area contributed by atoms with Crippen molar-refractivity contribution in [3.8, 4) is 11.5 Å². The van der Waals surface area contributed by atoms with Crippen molar-refractivity contribution in [3.05, 3.63) is 54.1 Å². The second-order valence-electron chi connectivity index (χ2n) is 8.28. The molecule has 2 fully saturated rings. The van der Waals surface area contributed by atoms with E-state index >= 15 is 0 Å². The Morgan fingerprint density at radius 3 is 2.60 bits per heavy atom. The number of nitrogens with zero attached hydrogens (tertiary/aromatic N) is 2. The topological polar surface area (TPSA) is 51.2 Å². The van der Waals surface area contributed by atoms with E-state index in [1.807, 2.05) is 41.3 Å². The number of rotatable bonds is 3. The van der Waals surface area contributed by atoms with Gasteiger partial charge in [0.25, 0.3) is 5.91 Å². The number of fused-ring (bicyclic) bond motifs is 1. The number of carbonyl (C=O) groups is 1. The monoisotopic (exact) mass is 408 g/mol. The molecule has 0 N–H and O–H groups in total. The molecule has 0 bridgehead atoms. The zero-order valence-corrected chi connectivity index (χ0v) is 17.2. The first kappa shape index (κ1) is 19.4. The molecule has 1 unspecified atom stereocenters. The van der Waals surface area contributed by atoms with Gasteiger partial charge < -0.3 is 19.1 Å². The first-order chi connectivity index (χ1) is 14.7. The summed E-state index contributed by atoms with van der Waals surface area (Å²) in [5.74, 6) is 1.71. The molecule has 158 valence electrons. The summed E-state index contributed by atoms with van der Waals surface area (Å²) in [5.41, 5.74) is 1.35. The van der Waals surface area contributed by atoms with Crippen LogP contribution in [0.15, 0.2) is 48.5 Å². The summed E-state index contributed by atoms with van der Waals surface area (Å²) in [6.07, 6.45) is 2.76. The van der Waals surface area contributed by atoms with Gasteiger partial charge in [0.15, 0.2) is 17.1 Å². The fourth-order valence-corrected chi connectivity index (χ4v) is 4.71. The van der Waals surface area contributed by atoms with Gasteiger partial charge in [-0.2, -0.15) is 0 Å². The molecule has 3 aliphatic heterocycles. The highest BCUT2D eigenvalue weighted by Crippen LogP contribution is 2.34. The molecule has 1 atom stereocenters. The average Bonchev–Trinajstić information content (AvgIpc) is 2.94. The lowest BCUT2D eigenvalue weighted by Crippen LogP contribution is -2.59. The van der Waals surface area contributed by atoms with Crippen LogP contribution >= 0.6 is 0 Å². The fourth-order valence-electron chi connectivity index (χ4n) is 4.71. The summed E-state index contributed by atoms with van der Waals surface area (Å²) < 4.78 is 17.6. The molecular formula is C24H28N2O4. The first-order valence-corrected chi connectivity index (χ1v) is 10.9. The summed E-state index contributed by atoms with van der Waals surface area (Å²) in [6.45, 7) is 4.69. The van der Waals surface area contributed by atoms with Crippen LogP contribution in [-0.2, 0) is 16.1 Å². The van der Waals surface area contributed by atoms with Gasteiger partial charge in [0, 0.05) is 31.9 Å². The molecule has 30 heavy (non-hydrogen) atoms. The summed E-state index contributed by atoms with van der Waals surface area (Å²) in [6, 6.07) is 16.1. The average molecular weight is 408 g/mol. The molecule has 1 spiro atoms. The molecule has 0 aromatic heterocycles. The largest absolute Gasteiger partial charge is 0.486 e. The van der Waals surface area contributed by atoms with Crippen LogP contribution in [0.3, 0.4) is 0 Å². The standard InChI is InChI=1S/C24H28N2O4/c27-23-24(10-4-5-11-26(23)20-6-2-1-3-7-20)18-25(12-13-30-24)17-19-8-9-21-22(16-19)29-15-14-28-21/h1-3,6-9,16H,4-5,10-15,17-18H2. The molecule has 5 rings (SSSR count). The van der Waals surface area contributed by atoms with Gasteiger partial charge in [0.2, 0.25) is 0 Å². The van der Waals surface area contributed by atoms with Crippen LogP contribution in [0.25, 0.3) is 0 Å². The number of hydrogen-bond acceptors (Lipinski definition) is 5. The molecule has 3 heterocycles. The third-order valence-corrected chi connectivity index (χ3v) is 6.19. The number of morpholine rings is 1. The number of ether oxygens (including phenoxy) is 3. The van der Waals surface area contributed by atoms with Crippen LogP contribution < -0.4 is 14.4 Å². The molecule has 2 saturated heterocycles. The Hall–Kier alpha value is -2.57. The molecular weight excluding hydrogens is 380 g/mol. The molecule has 0 saturated carbocycles. The van der Waals surface area contributed by atoms with E-state index in [4.69, 9.17) is 14.2 Å². The van der Waals surface area contributed by atoms with Crippen molar-refractivity contribution < 1.29 is 19.0 Å². The lowest BCUT2D eigenvalue weighted by molar-refractivity contribution is -0.158. The van der Waals surface area contributed by atoms with E-state index in [1.165, 1.54) is 0 Å². The maximum absolute atomic E-state index is 13.7. The number of amides is 1. The number of hydrogen-bond donors (Lipinski definition) is 0. The van der Waals surface area contributed by atoms with E-state index in [0.29, 0.717) is 26.4 Å². The summed E-state index contributed by atoms with van der Waals surface area (Å²) >= 11 is 0. The highest BCUT2D eigenvalue weighted by molar-refractivity contribution is 6.00. The number of para-hydroxylation sites is 1. The highest BCUT2D eigenvalue weighted by atomic mass is 16.6. The van der Waals surface area contributed by atoms with Gasteiger partial charge >= 0.3 is 0 Å². The smallest absolute Gasteiger partial charge is 0.260 e. The van der Waals surface area contributed by atoms with Gasteiger partial charge in [-0.3, -0.25) is 9.69 Å². The van der Waals surface area contributed by atoms with Gasteiger partial charge in [-0.05, 0) is 49.1 Å². The Bertz CT molecular complexity index is 903. The Morgan fingerprint density at radius 1 is 0.900 bits per heavy atom. The zero-order valence-electron chi connectivity index (χ0n) is 17.2. The molecule has 0 aliphatic carbocycles. The lowest BCUT2D eigenvalue weighted by Gasteiger charge is -2.42. The zero-order chi connectivity index (χ0) is 20.4. The Morgan fingerprint density at radius 2 is 1.73 bits per heavy atom. The molecule has 6 heteroatoms. The quantitative estimate of drug-likeness (QED) is 0.780. The summed E-state index contributed by atoms with van der Waals surface area (Å²) in [7, 11) is 0. The van der Waals surface area contributed by atoms with Crippen molar-refractivity contribution in [1.29, 1.82) is 0 Å². The van der Waals surface area contributed by atoms with E-state index in [1.54, 1.807) is 0 Å². The van der Waals surface area contributed by atoms with E-state index in [9.17, 15) is 4.79 Å². The highest BCUT2D eigenvalue weighted by Gasteiger charge is 2.47. The second kappa shape index (κ2) is 8.28. The van der Waals surface area contributed by atoms with Crippen molar-refractivity contribution in [1.82, 2.24) is 4.90 Å². The predicted molar refractivity (Wildman–Crippen MR) is 114 cm³/mol. The van der Waals surface area contributed by atoms with Crippen LogP contribution in [0, 0.1) is 0 Å². The Kier molecular flexibility index (Phi) is 5.35. The molecule has 0 radical (unpaired) electrons. The fraction of sp³-hybridized carbons (Fsp3) is 0.458. The van der Waals surface area contributed by atoms with Gasteiger partial charge in [0.1, 0.15) is 13.2 Å². The van der Waals surface area contributed by atoms with E-state index in [0.717, 1.165) is 61.6 Å². The van der Waals surface area contributed by atoms with Gasteiger partial charge in [-0.25, -0.2) is 0 Å². The minimum atomic E-state index is -0.765. The summed E-state index contributed by atoms with van der Waals surface area (Å²) in [4.78, 5) is 17.9. The molecule has 1 amide bonds. The van der Waals surface area contributed by atoms with Crippen LogP contribution in [-0.4, -0.2) is 55.9 Å². The van der Waals surface area contributed by atoms with Gasteiger partial charge in [0.05, 0.1) is 6.61 Å². The van der Waals surface area contributed by atoms with E-state index < -0.39 is 5.60 Å². The maximum atomic E-state index is 13.7. The Balaban J connectivity index is 1.35. The lowest BCUT2D eigenvalue weighted by atomic mass is 9.93. The van der Waals surface area contributed by atoms with Crippen molar-refractivity contribution in [3.63, 3.8) is 0 Å². The minimum Gasteiger partial charge on any atom is -0.486 e. The van der Waals surface area contributed by atoms with Crippen LogP contribution in [0.4, 0.5) is 5.69 Å². The van der Waals surface area contributed by atoms with Gasteiger partial charge in [-0.15, -0.1) is 0 Å². The Labute approximate surface area is 177 Å². The van der Waals surface area contributed by atoms with Crippen molar-refractivity contribution >= 4 is 11.6 Å². The van der Waals surface area contributed by atoms with Crippen LogP contribution in [0.1, 0.15) is 24.8 Å². The molecule has 2 aromatic rings. The molecule has 6 nitrogen and oxygen atoms in total. The van der Waals surface area contributed by atoms with Crippen molar-refractivity contribution in [2.75, 3.05) is 44.4 Å². The number of carbonyl (C=O) groups excluding carboxylic acids is 1. The van der Waals surface area contributed by atoms with E-state index in [2.05, 4.69) is 17.0 Å². The van der Waals surface area contributed by atoms with Crippen molar-refractivity contribution in [2.24, 2.45) is 0 Å². The maximum Gasteiger partial charge on any atom is 0.260 e. The first-order valence-electron chi connectivity index (χ1n) is 10.9. The minimum absolute atomic E-state index is 0.0954. The van der Waals surface area contributed by atoms with Gasteiger partial charge in [-0.1, -0.05) is 24.3 Å². The summed E-state index contributed by atoms with van der Waals surface area (Å²) in [5, 5.41) is 0. The van der Waals surface area contributed by atoms with Crippen molar-refractivity contribution in [2.45, 2.75) is 31.4 Å². The second-order valence-corrected chi connectivity index (χ2v) is 8.28. The van der Waals surface area contributed by atoms with E-state index in [-0.39, 0.29) is 5.91 Å². The molecule has 2 aromatic carbocycles. The van der Waals surface area contributed by atoms with Crippen LogP contribution in [0.5, 0.6) is 11.5 Å². The van der Waals surface area contributed by atoms with Crippen LogP contribution in [0.2, 0.25) is 0 Å². The molecule has 3 aliphatic rings. The number of benzene rings is 2.